The quantitative estimate of drug-likeness (QED) is 0.907. The molecule has 2 unspecified atom stereocenters. The summed E-state index contributed by atoms with van der Waals surface area (Å²) in [6.45, 7) is 7.11. The predicted octanol–water partition coefficient (Wildman–Crippen LogP) is 3.31. The summed E-state index contributed by atoms with van der Waals surface area (Å²) in [6.07, 6.45) is 3.61. The minimum Gasteiger partial charge on any atom is -0.309 e. The molecule has 4 heteroatoms. The van der Waals surface area contributed by atoms with Gasteiger partial charge >= 0.3 is 0 Å². The third-order valence-electron chi connectivity index (χ3n) is 4.22. The Morgan fingerprint density at radius 2 is 1.86 bits per heavy atom. The lowest BCUT2D eigenvalue weighted by molar-refractivity contribution is 0.446. The summed E-state index contributed by atoms with van der Waals surface area (Å²) >= 11 is 0. The lowest BCUT2D eigenvalue weighted by Gasteiger charge is -2.31. The van der Waals surface area contributed by atoms with E-state index in [4.69, 9.17) is 0 Å². The molecule has 118 valence electrons. The molecule has 2 rings (SSSR count). The molecule has 1 aromatic rings. The molecule has 1 aliphatic heterocycles. The first-order chi connectivity index (χ1) is 9.94. The van der Waals surface area contributed by atoms with Crippen LogP contribution in [0.15, 0.2) is 18.2 Å². The zero-order chi connectivity index (χ0) is 15.5. The number of sulfone groups is 1. The highest BCUT2D eigenvalue weighted by Crippen LogP contribution is 2.31. The van der Waals surface area contributed by atoms with E-state index < -0.39 is 9.84 Å². The van der Waals surface area contributed by atoms with Crippen molar-refractivity contribution in [3.8, 4) is 0 Å². The molecule has 1 heterocycles. The standard InChI is InChI=1S/C17H27NO2S/c1-4-8-18-17(15-11-13(2)10-14(3)12-15)16-7-5-6-9-21(16,19)20/h10-12,16-18H,4-9H2,1-3H3. The summed E-state index contributed by atoms with van der Waals surface area (Å²) in [6, 6.07) is 6.32. The van der Waals surface area contributed by atoms with Crippen LogP contribution in [-0.4, -0.2) is 26.0 Å². The van der Waals surface area contributed by atoms with Gasteiger partial charge < -0.3 is 5.32 Å². The first-order valence-corrected chi connectivity index (χ1v) is 9.68. The average Bonchev–Trinajstić information content (AvgIpc) is 2.39. The van der Waals surface area contributed by atoms with Gasteiger partial charge in [-0.1, -0.05) is 42.7 Å². The summed E-state index contributed by atoms with van der Waals surface area (Å²) in [5.74, 6) is 0.340. The van der Waals surface area contributed by atoms with Gasteiger partial charge in [-0.25, -0.2) is 8.42 Å². The van der Waals surface area contributed by atoms with E-state index in [0.29, 0.717) is 5.75 Å². The SMILES string of the molecule is CCCNC(c1cc(C)cc(C)c1)C1CCCCS1(=O)=O. The van der Waals surface area contributed by atoms with Crippen molar-refractivity contribution >= 4 is 9.84 Å². The third kappa shape index (κ3) is 4.07. The molecule has 0 aromatic heterocycles. The van der Waals surface area contributed by atoms with Gasteiger partial charge in [-0.15, -0.1) is 0 Å². The largest absolute Gasteiger partial charge is 0.309 e. The fourth-order valence-electron chi connectivity index (χ4n) is 3.31. The Balaban J connectivity index is 2.37. The molecule has 1 aromatic carbocycles. The second-order valence-corrected chi connectivity index (χ2v) is 8.59. The van der Waals surface area contributed by atoms with Crippen LogP contribution in [0.5, 0.6) is 0 Å². The van der Waals surface area contributed by atoms with E-state index in [0.717, 1.165) is 37.8 Å². The average molecular weight is 309 g/mol. The summed E-state index contributed by atoms with van der Waals surface area (Å²) in [4.78, 5) is 0. The number of hydrogen-bond acceptors (Lipinski definition) is 3. The smallest absolute Gasteiger partial charge is 0.155 e. The van der Waals surface area contributed by atoms with Crippen molar-refractivity contribution in [2.75, 3.05) is 12.3 Å². The van der Waals surface area contributed by atoms with E-state index >= 15 is 0 Å². The molecule has 0 radical (unpaired) electrons. The maximum Gasteiger partial charge on any atom is 0.155 e. The summed E-state index contributed by atoms with van der Waals surface area (Å²) in [7, 11) is -2.99. The summed E-state index contributed by atoms with van der Waals surface area (Å²) in [5.41, 5.74) is 3.51. The van der Waals surface area contributed by atoms with Crippen LogP contribution in [0, 0.1) is 13.8 Å². The van der Waals surface area contributed by atoms with Crippen molar-refractivity contribution < 1.29 is 8.42 Å². The number of rotatable bonds is 5. The van der Waals surface area contributed by atoms with E-state index in [1.807, 2.05) is 0 Å². The van der Waals surface area contributed by atoms with Crippen molar-refractivity contribution in [2.24, 2.45) is 0 Å². The van der Waals surface area contributed by atoms with Gasteiger partial charge in [0, 0.05) is 6.04 Å². The Morgan fingerprint density at radius 1 is 1.19 bits per heavy atom. The lowest BCUT2D eigenvalue weighted by atomic mass is 9.96. The molecule has 0 spiro atoms. The molecule has 21 heavy (non-hydrogen) atoms. The number of nitrogens with one attached hydrogen (secondary N) is 1. The first kappa shape index (κ1) is 16.5. The van der Waals surface area contributed by atoms with Gasteiger partial charge in [-0.05, 0) is 45.2 Å². The zero-order valence-electron chi connectivity index (χ0n) is 13.4. The molecule has 0 bridgehead atoms. The van der Waals surface area contributed by atoms with Gasteiger partial charge in [-0.2, -0.15) is 0 Å². The van der Waals surface area contributed by atoms with Gasteiger partial charge in [-0.3, -0.25) is 0 Å². The van der Waals surface area contributed by atoms with Crippen LogP contribution in [0.25, 0.3) is 0 Å². The van der Waals surface area contributed by atoms with Crippen molar-refractivity contribution in [1.82, 2.24) is 5.32 Å². The van der Waals surface area contributed by atoms with E-state index in [-0.39, 0.29) is 11.3 Å². The van der Waals surface area contributed by atoms with Crippen LogP contribution in [0.2, 0.25) is 0 Å². The summed E-state index contributed by atoms with van der Waals surface area (Å²) in [5, 5.41) is 3.21. The highest BCUT2D eigenvalue weighted by Gasteiger charge is 2.36. The van der Waals surface area contributed by atoms with Crippen LogP contribution < -0.4 is 5.32 Å². The Hall–Kier alpha value is -0.870. The molecular formula is C17H27NO2S. The lowest BCUT2D eigenvalue weighted by Crippen LogP contribution is -2.41. The van der Waals surface area contributed by atoms with Crippen molar-refractivity contribution in [3.63, 3.8) is 0 Å². The highest BCUT2D eigenvalue weighted by atomic mass is 32.2. The van der Waals surface area contributed by atoms with Gasteiger partial charge in [0.25, 0.3) is 0 Å². The second kappa shape index (κ2) is 6.93. The molecule has 1 fully saturated rings. The molecule has 2 atom stereocenters. The van der Waals surface area contributed by atoms with Crippen LogP contribution in [0.3, 0.4) is 0 Å². The van der Waals surface area contributed by atoms with Crippen LogP contribution in [0.4, 0.5) is 0 Å². The minimum atomic E-state index is -2.99. The van der Waals surface area contributed by atoms with Gasteiger partial charge in [0.2, 0.25) is 0 Å². The monoisotopic (exact) mass is 309 g/mol. The Kier molecular flexibility index (Phi) is 5.44. The fourth-order valence-corrected chi connectivity index (χ4v) is 5.41. The number of aryl methyl sites for hydroxylation is 2. The maximum atomic E-state index is 12.5. The fraction of sp³-hybridized carbons (Fsp3) is 0.647. The topological polar surface area (TPSA) is 46.2 Å². The second-order valence-electron chi connectivity index (χ2n) is 6.25. The molecule has 1 saturated heterocycles. The molecule has 1 N–H and O–H groups in total. The van der Waals surface area contributed by atoms with Crippen molar-refractivity contribution in [1.29, 1.82) is 0 Å². The van der Waals surface area contributed by atoms with E-state index in [1.165, 1.54) is 11.1 Å². The van der Waals surface area contributed by atoms with Crippen LogP contribution in [0.1, 0.15) is 55.3 Å². The van der Waals surface area contributed by atoms with Crippen LogP contribution >= 0.6 is 0 Å². The van der Waals surface area contributed by atoms with Crippen LogP contribution in [-0.2, 0) is 9.84 Å². The Labute approximate surface area is 129 Å². The van der Waals surface area contributed by atoms with Gasteiger partial charge in [0.1, 0.15) is 0 Å². The predicted molar refractivity (Wildman–Crippen MR) is 88.4 cm³/mol. The number of benzene rings is 1. The van der Waals surface area contributed by atoms with Crippen molar-refractivity contribution in [3.05, 3.63) is 34.9 Å². The van der Waals surface area contributed by atoms with E-state index in [9.17, 15) is 8.42 Å². The third-order valence-corrected chi connectivity index (χ3v) is 6.51. The first-order valence-electron chi connectivity index (χ1n) is 7.97. The minimum absolute atomic E-state index is 0.0751. The molecular weight excluding hydrogens is 282 g/mol. The Bertz CT molecular complexity index is 560. The molecule has 0 amide bonds. The molecule has 0 saturated carbocycles. The molecule has 0 aliphatic carbocycles. The van der Waals surface area contributed by atoms with Gasteiger partial charge in [0.15, 0.2) is 9.84 Å². The van der Waals surface area contributed by atoms with E-state index in [2.05, 4.69) is 44.3 Å². The van der Waals surface area contributed by atoms with Crippen molar-refractivity contribution in [2.45, 2.75) is 57.7 Å². The normalized spacial score (nSPS) is 22.9. The van der Waals surface area contributed by atoms with Gasteiger partial charge in [0.05, 0.1) is 11.0 Å². The Morgan fingerprint density at radius 3 is 2.43 bits per heavy atom. The highest BCUT2D eigenvalue weighted by molar-refractivity contribution is 7.92. The number of hydrogen-bond donors (Lipinski definition) is 1. The summed E-state index contributed by atoms with van der Waals surface area (Å²) < 4.78 is 25.0. The molecule has 3 nitrogen and oxygen atoms in total. The van der Waals surface area contributed by atoms with E-state index in [1.54, 1.807) is 0 Å². The maximum absolute atomic E-state index is 12.5. The zero-order valence-corrected chi connectivity index (χ0v) is 14.2. The molecule has 1 aliphatic rings.